The molecule has 0 spiro atoms. The lowest BCUT2D eigenvalue weighted by Gasteiger charge is -2.53. The molecular weight excluding hydrogens is 394 g/mol. The number of carbonyl (C=O) groups is 1. The third kappa shape index (κ3) is 3.11. The topological polar surface area (TPSA) is 40.5 Å². The summed E-state index contributed by atoms with van der Waals surface area (Å²) in [7, 11) is 0. The molecule has 1 N–H and O–H groups in total. The minimum atomic E-state index is -3.30. The van der Waals surface area contributed by atoms with Gasteiger partial charge in [-0.3, -0.25) is 4.79 Å². The molecule has 32 heavy (non-hydrogen) atoms. The quantitative estimate of drug-likeness (QED) is 0.624. The molecule has 168 valence electrons. The number of rotatable bonds is 2. The summed E-state index contributed by atoms with van der Waals surface area (Å²) in [5, 5.41) is 11.9. The van der Waals surface area contributed by atoms with Crippen molar-refractivity contribution in [3.05, 3.63) is 52.5 Å². The molecular formula is C29H35NO2. The Morgan fingerprint density at radius 2 is 2.03 bits per heavy atom. The molecule has 4 aliphatic rings. The number of nitrogens with zero attached hydrogens (tertiary/aromatic N) is 1. The van der Waals surface area contributed by atoms with Gasteiger partial charge in [0.25, 0.3) is 0 Å². The van der Waals surface area contributed by atoms with Gasteiger partial charge in [-0.05, 0) is 92.2 Å². The molecule has 0 saturated heterocycles. The lowest BCUT2D eigenvalue weighted by Crippen LogP contribution is -2.51. The van der Waals surface area contributed by atoms with E-state index in [1.807, 2.05) is 6.92 Å². The van der Waals surface area contributed by atoms with Crippen molar-refractivity contribution in [1.82, 2.24) is 0 Å². The number of ketones is 1. The first-order valence-electron chi connectivity index (χ1n) is 17.2. The first-order valence-corrected chi connectivity index (χ1v) is 11.2. The number of anilines is 1. The second kappa shape index (κ2) is 7.63. The maximum atomic E-state index is 12.6. The summed E-state index contributed by atoms with van der Waals surface area (Å²) in [5.74, 6) is 3.99. The highest BCUT2D eigenvalue weighted by atomic mass is 16.3. The van der Waals surface area contributed by atoms with Crippen LogP contribution in [0.1, 0.15) is 86.7 Å². The number of carbonyl (C=O) groups excluding carboxylic acids is 1. The van der Waals surface area contributed by atoms with E-state index in [0.717, 1.165) is 0 Å². The van der Waals surface area contributed by atoms with Crippen molar-refractivity contribution in [1.29, 1.82) is 0 Å². The van der Waals surface area contributed by atoms with E-state index in [1.165, 1.54) is 6.08 Å². The van der Waals surface area contributed by atoms with E-state index in [4.69, 9.17) is 16.4 Å². The predicted octanol–water partition coefficient (Wildman–Crippen LogP) is 5.41. The third-order valence-corrected chi connectivity index (χ3v) is 8.21. The number of hydrogen-bond acceptors (Lipinski definition) is 3. The van der Waals surface area contributed by atoms with Gasteiger partial charge in [-0.25, -0.2) is 0 Å². The van der Waals surface area contributed by atoms with Gasteiger partial charge < -0.3 is 10.0 Å². The van der Waals surface area contributed by atoms with Crippen molar-refractivity contribution in [3.63, 3.8) is 0 Å². The van der Waals surface area contributed by atoms with E-state index in [1.54, 1.807) is 6.92 Å². The zero-order chi connectivity index (χ0) is 32.9. The Hall–Kier alpha value is -2.31. The van der Waals surface area contributed by atoms with Crippen LogP contribution >= 0.6 is 0 Å². The average molecular weight is 442 g/mol. The first-order chi connectivity index (χ1) is 20.1. The van der Waals surface area contributed by atoms with E-state index in [-0.39, 0.29) is 35.1 Å². The average Bonchev–Trinajstić information content (AvgIpc) is 3.14. The third-order valence-electron chi connectivity index (χ3n) is 8.21. The van der Waals surface area contributed by atoms with Gasteiger partial charge in [0.15, 0.2) is 5.78 Å². The minimum Gasteiger partial charge on any atom is -0.378 e. The van der Waals surface area contributed by atoms with Gasteiger partial charge in [0.1, 0.15) is 5.60 Å². The number of allylic oxidation sites excluding steroid dienone is 4. The van der Waals surface area contributed by atoms with Gasteiger partial charge in [-0.2, -0.15) is 0 Å². The minimum absolute atomic E-state index is 0.0390. The van der Waals surface area contributed by atoms with E-state index < -0.39 is 72.9 Å². The zero-order valence-corrected chi connectivity index (χ0v) is 18.4. The second-order valence-corrected chi connectivity index (χ2v) is 9.62. The fraction of sp³-hybridized carbons (Fsp3) is 0.552. The Labute approximate surface area is 209 Å². The van der Waals surface area contributed by atoms with Gasteiger partial charge in [0.05, 0.1) is 5.48 Å². The van der Waals surface area contributed by atoms with E-state index in [9.17, 15) is 9.90 Å². The largest absolute Gasteiger partial charge is 0.378 e. The van der Waals surface area contributed by atoms with Crippen LogP contribution in [0.25, 0.3) is 0 Å². The van der Waals surface area contributed by atoms with Crippen LogP contribution in [0.3, 0.4) is 0 Å². The van der Waals surface area contributed by atoms with Crippen LogP contribution in [0, 0.1) is 29.1 Å². The molecule has 3 nitrogen and oxygen atoms in total. The van der Waals surface area contributed by atoms with Crippen molar-refractivity contribution in [2.75, 3.05) is 18.9 Å². The van der Waals surface area contributed by atoms with Crippen molar-refractivity contribution in [2.24, 2.45) is 17.3 Å². The SMILES string of the molecule is [2H]c1c([2H])c(N(C([2H])([2H])[2H])C([2H])([2H])[2H])c([2H])c([2H])c1[C@H]1C[C@@]2(C)[C@@H](CC[C@@]2(O)C#CC)[C@@H]2CCC3=CC(=O)C([2H])([2H])CC3=C21. The fourth-order valence-corrected chi connectivity index (χ4v) is 6.72. The summed E-state index contributed by atoms with van der Waals surface area (Å²) in [4.78, 5) is 12.6. The molecule has 5 rings (SSSR count). The van der Waals surface area contributed by atoms with Gasteiger partial charge in [0.2, 0.25) is 0 Å². The van der Waals surface area contributed by atoms with Crippen LogP contribution in [-0.2, 0) is 4.79 Å². The number of aliphatic hydroxyl groups is 1. The van der Waals surface area contributed by atoms with Gasteiger partial charge in [0, 0.05) is 48.3 Å². The Kier molecular flexibility index (Phi) is 2.79. The Balaban J connectivity index is 1.82. The van der Waals surface area contributed by atoms with Crippen LogP contribution in [-0.4, -0.2) is 30.4 Å². The molecule has 1 aromatic carbocycles. The number of fused-ring (bicyclic) bond motifs is 4. The molecule has 0 radical (unpaired) electrons. The highest BCUT2D eigenvalue weighted by molar-refractivity contribution is 5.93. The highest BCUT2D eigenvalue weighted by Gasteiger charge is 2.62. The summed E-state index contributed by atoms with van der Waals surface area (Å²) in [6.07, 6.45) is 1.14. The molecule has 5 atom stereocenters. The fourth-order valence-electron chi connectivity index (χ4n) is 6.72. The molecule has 1 aromatic rings. The zero-order valence-electron chi connectivity index (χ0n) is 30.4. The van der Waals surface area contributed by atoms with Crippen molar-refractivity contribution >= 4 is 11.5 Å². The summed E-state index contributed by atoms with van der Waals surface area (Å²) < 4.78 is 99.5. The summed E-state index contributed by atoms with van der Waals surface area (Å²) >= 11 is 0. The monoisotopic (exact) mass is 441 g/mol. The van der Waals surface area contributed by atoms with E-state index in [0.29, 0.717) is 42.4 Å². The molecule has 0 heterocycles. The van der Waals surface area contributed by atoms with Gasteiger partial charge >= 0.3 is 0 Å². The van der Waals surface area contributed by atoms with Crippen LogP contribution in [0.5, 0.6) is 0 Å². The van der Waals surface area contributed by atoms with Crippen LogP contribution in [0.4, 0.5) is 5.69 Å². The van der Waals surface area contributed by atoms with E-state index >= 15 is 0 Å². The highest BCUT2D eigenvalue weighted by Crippen LogP contribution is 2.66. The van der Waals surface area contributed by atoms with E-state index in [2.05, 4.69) is 11.8 Å². The van der Waals surface area contributed by atoms with Gasteiger partial charge in [-0.1, -0.05) is 30.5 Å². The molecule has 0 aromatic heterocycles. The molecule has 2 fully saturated rings. The summed E-state index contributed by atoms with van der Waals surface area (Å²) in [6, 6.07) is -2.85. The van der Waals surface area contributed by atoms with Crippen LogP contribution < -0.4 is 4.90 Å². The Morgan fingerprint density at radius 3 is 2.75 bits per heavy atom. The molecule has 0 aliphatic heterocycles. The first kappa shape index (κ1) is 11.7. The lowest BCUT2D eigenvalue weighted by molar-refractivity contribution is -0.114. The summed E-state index contributed by atoms with van der Waals surface area (Å²) in [6.45, 7) is -3.07. The van der Waals surface area contributed by atoms with Crippen molar-refractivity contribution in [2.45, 2.75) is 70.3 Å². The summed E-state index contributed by atoms with van der Waals surface area (Å²) in [5.41, 5.74) is -1.21. The van der Waals surface area contributed by atoms with Crippen LogP contribution in [0.2, 0.25) is 0 Å². The number of benzene rings is 1. The van der Waals surface area contributed by atoms with Crippen molar-refractivity contribution in [3.8, 4) is 11.8 Å². The molecule has 2 saturated carbocycles. The van der Waals surface area contributed by atoms with Crippen LogP contribution in [0.15, 0.2) is 47.0 Å². The molecule has 0 bridgehead atoms. The Morgan fingerprint density at radius 1 is 1.25 bits per heavy atom. The molecule has 0 unspecified atom stereocenters. The molecule has 0 amide bonds. The second-order valence-electron chi connectivity index (χ2n) is 9.62. The smallest absolute Gasteiger partial charge is 0.156 e. The molecule has 3 heteroatoms. The lowest BCUT2D eigenvalue weighted by atomic mass is 9.51. The normalized spacial score (nSPS) is 43.7. The maximum absolute atomic E-state index is 12.6. The predicted molar refractivity (Wildman–Crippen MR) is 129 cm³/mol. The molecule has 4 aliphatic carbocycles. The van der Waals surface area contributed by atoms with Gasteiger partial charge in [-0.15, -0.1) is 5.92 Å². The standard InChI is InChI=1S/C29H35NO2/c1-5-15-29(32)16-14-26-24-12-8-20-17-22(31)11-13-23(20)27(24)25(18-28(26,29)2)19-6-9-21(10-7-19)30(3)4/h6-7,9-10,17,24-26,32H,8,11-14,16,18H2,1-4H3/t24-,25+,26-,28-,29-/m0/s1/i3D3,4D3,6D,7D,9D,10D,11D2. The Bertz CT molecular complexity index is 1520. The number of hydrogen-bond donors (Lipinski definition) is 1. The maximum Gasteiger partial charge on any atom is 0.156 e. The van der Waals surface area contributed by atoms with Crippen molar-refractivity contribution < 1.29 is 26.4 Å².